The van der Waals surface area contributed by atoms with Crippen LogP contribution < -0.4 is 10.6 Å². The Bertz CT molecular complexity index is 482. The number of nitrogens with zero attached hydrogens (tertiary/aromatic N) is 1. The zero-order chi connectivity index (χ0) is 14.3. The maximum absolute atomic E-state index is 11.5. The molecule has 1 aromatic carbocycles. The van der Waals surface area contributed by atoms with Gasteiger partial charge < -0.3 is 10.6 Å². The van der Waals surface area contributed by atoms with Gasteiger partial charge in [-0.3, -0.25) is 4.79 Å². The summed E-state index contributed by atoms with van der Waals surface area (Å²) in [5, 5.41) is 15.2. The molecule has 5 heteroatoms. The molecule has 1 amide bonds. The van der Waals surface area contributed by atoms with Crippen molar-refractivity contribution >= 4 is 23.2 Å². The van der Waals surface area contributed by atoms with Gasteiger partial charge in [0.2, 0.25) is 5.91 Å². The van der Waals surface area contributed by atoms with Gasteiger partial charge in [-0.25, -0.2) is 0 Å². The summed E-state index contributed by atoms with van der Waals surface area (Å²) in [6.45, 7) is 4.54. The molecule has 0 aliphatic carbocycles. The molecule has 0 aliphatic heterocycles. The SMILES string of the molecule is CCC(C)NC(=O)CCNc1ccc(C#N)c(Cl)c1. The topological polar surface area (TPSA) is 64.9 Å². The van der Waals surface area contributed by atoms with Gasteiger partial charge in [0, 0.05) is 24.7 Å². The fraction of sp³-hybridized carbons (Fsp3) is 0.429. The first-order valence-electron chi connectivity index (χ1n) is 6.29. The third-order valence-electron chi connectivity index (χ3n) is 2.79. The second kappa shape index (κ2) is 7.65. The number of carbonyl (C=O) groups is 1. The van der Waals surface area contributed by atoms with Crippen LogP contribution in [0.2, 0.25) is 5.02 Å². The smallest absolute Gasteiger partial charge is 0.221 e. The number of nitrogens with one attached hydrogen (secondary N) is 2. The Balaban J connectivity index is 2.39. The highest BCUT2D eigenvalue weighted by Crippen LogP contribution is 2.19. The van der Waals surface area contributed by atoms with Gasteiger partial charge in [0.05, 0.1) is 10.6 Å². The third-order valence-corrected chi connectivity index (χ3v) is 3.10. The lowest BCUT2D eigenvalue weighted by atomic mass is 10.2. The van der Waals surface area contributed by atoms with Gasteiger partial charge in [-0.15, -0.1) is 0 Å². The standard InChI is InChI=1S/C14H18ClN3O/c1-3-10(2)18-14(19)6-7-17-12-5-4-11(9-16)13(15)8-12/h4-5,8,10,17H,3,6-7H2,1-2H3,(H,18,19). The molecule has 0 aliphatic rings. The van der Waals surface area contributed by atoms with Crippen LogP contribution in [0.5, 0.6) is 0 Å². The number of halogens is 1. The molecule has 4 nitrogen and oxygen atoms in total. The van der Waals surface area contributed by atoms with Gasteiger partial charge >= 0.3 is 0 Å². The lowest BCUT2D eigenvalue weighted by Crippen LogP contribution is -2.32. The average Bonchev–Trinajstić information content (AvgIpc) is 2.38. The Labute approximate surface area is 118 Å². The molecule has 0 heterocycles. The Hall–Kier alpha value is -1.73. The van der Waals surface area contributed by atoms with Gasteiger partial charge in [0.25, 0.3) is 0 Å². The molecule has 0 radical (unpaired) electrons. The van der Waals surface area contributed by atoms with E-state index in [0.29, 0.717) is 23.6 Å². The average molecular weight is 280 g/mol. The molecule has 0 fully saturated rings. The highest BCUT2D eigenvalue weighted by Gasteiger charge is 2.05. The first-order valence-corrected chi connectivity index (χ1v) is 6.67. The van der Waals surface area contributed by atoms with Crippen LogP contribution in [0.15, 0.2) is 18.2 Å². The molecule has 0 saturated heterocycles. The van der Waals surface area contributed by atoms with Crippen LogP contribution in [0, 0.1) is 11.3 Å². The minimum Gasteiger partial charge on any atom is -0.384 e. The lowest BCUT2D eigenvalue weighted by Gasteiger charge is -2.12. The van der Waals surface area contributed by atoms with Crippen molar-refractivity contribution in [1.82, 2.24) is 5.32 Å². The number of anilines is 1. The van der Waals surface area contributed by atoms with E-state index in [-0.39, 0.29) is 11.9 Å². The van der Waals surface area contributed by atoms with E-state index in [2.05, 4.69) is 10.6 Å². The maximum atomic E-state index is 11.5. The molecule has 0 bridgehead atoms. The van der Waals surface area contributed by atoms with Crippen LogP contribution in [-0.4, -0.2) is 18.5 Å². The van der Waals surface area contributed by atoms with Crippen molar-refractivity contribution in [2.45, 2.75) is 32.7 Å². The predicted octanol–water partition coefficient (Wildman–Crippen LogP) is 2.93. The zero-order valence-corrected chi connectivity index (χ0v) is 11.9. The predicted molar refractivity (Wildman–Crippen MR) is 77.2 cm³/mol. The van der Waals surface area contributed by atoms with E-state index in [0.717, 1.165) is 12.1 Å². The molecule has 1 aromatic rings. The summed E-state index contributed by atoms with van der Waals surface area (Å²) in [6.07, 6.45) is 1.33. The van der Waals surface area contributed by atoms with Gasteiger partial charge in [0.1, 0.15) is 6.07 Å². The molecule has 1 unspecified atom stereocenters. The molecular weight excluding hydrogens is 262 g/mol. The van der Waals surface area contributed by atoms with Crippen LogP contribution in [0.3, 0.4) is 0 Å². The van der Waals surface area contributed by atoms with Crippen molar-refractivity contribution in [3.63, 3.8) is 0 Å². The maximum Gasteiger partial charge on any atom is 0.221 e. The largest absolute Gasteiger partial charge is 0.384 e. The van der Waals surface area contributed by atoms with E-state index in [1.807, 2.05) is 19.9 Å². The minimum atomic E-state index is 0.0293. The molecule has 2 N–H and O–H groups in total. The van der Waals surface area contributed by atoms with E-state index >= 15 is 0 Å². The summed E-state index contributed by atoms with van der Waals surface area (Å²) in [7, 11) is 0. The van der Waals surface area contributed by atoms with Crippen molar-refractivity contribution in [3.8, 4) is 6.07 Å². The fourth-order valence-corrected chi connectivity index (χ4v) is 1.71. The Kier molecular flexibility index (Phi) is 6.17. The normalized spacial score (nSPS) is 11.5. The quantitative estimate of drug-likeness (QED) is 0.841. The third kappa shape index (κ3) is 5.19. The Morgan fingerprint density at radius 2 is 2.26 bits per heavy atom. The van der Waals surface area contributed by atoms with Crippen LogP contribution in [0.4, 0.5) is 5.69 Å². The van der Waals surface area contributed by atoms with E-state index in [1.165, 1.54) is 0 Å². The van der Waals surface area contributed by atoms with Crippen molar-refractivity contribution in [1.29, 1.82) is 5.26 Å². The second-order valence-corrected chi connectivity index (χ2v) is 4.77. The van der Waals surface area contributed by atoms with Gasteiger partial charge in [-0.2, -0.15) is 5.26 Å². The molecule has 1 rings (SSSR count). The van der Waals surface area contributed by atoms with Crippen molar-refractivity contribution in [2.24, 2.45) is 0 Å². The molecule has 0 spiro atoms. The molecule has 0 aromatic heterocycles. The van der Waals surface area contributed by atoms with Gasteiger partial charge in [-0.1, -0.05) is 18.5 Å². The number of carbonyl (C=O) groups excluding carboxylic acids is 1. The van der Waals surface area contributed by atoms with Crippen LogP contribution >= 0.6 is 11.6 Å². The Morgan fingerprint density at radius 3 is 2.84 bits per heavy atom. The number of hydrogen-bond acceptors (Lipinski definition) is 3. The summed E-state index contributed by atoms with van der Waals surface area (Å²) in [4.78, 5) is 11.5. The van der Waals surface area contributed by atoms with Crippen molar-refractivity contribution in [2.75, 3.05) is 11.9 Å². The summed E-state index contributed by atoms with van der Waals surface area (Å²) < 4.78 is 0. The van der Waals surface area contributed by atoms with E-state index in [4.69, 9.17) is 16.9 Å². The summed E-state index contributed by atoms with van der Waals surface area (Å²) in [6, 6.07) is 7.33. The minimum absolute atomic E-state index is 0.0293. The highest BCUT2D eigenvalue weighted by atomic mass is 35.5. The number of nitriles is 1. The Morgan fingerprint density at radius 1 is 1.53 bits per heavy atom. The number of benzene rings is 1. The molecular formula is C14H18ClN3O. The van der Waals surface area contributed by atoms with Crippen LogP contribution in [-0.2, 0) is 4.79 Å². The first kappa shape index (κ1) is 15.3. The summed E-state index contributed by atoms with van der Waals surface area (Å²) >= 11 is 5.92. The van der Waals surface area contributed by atoms with Crippen molar-refractivity contribution < 1.29 is 4.79 Å². The molecule has 1 atom stereocenters. The van der Waals surface area contributed by atoms with E-state index < -0.39 is 0 Å². The zero-order valence-electron chi connectivity index (χ0n) is 11.2. The molecule has 19 heavy (non-hydrogen) atoms. The van der Waals surface area contributed by atoms with Crippen LogP contribution in [0.25, 0.3) is 0 Å². The van der Waals surface area contributed by atoms with Crippen LogP contribution in [0.1, 0.15) is 32.3 Å². The summed E-state index contributed by atoms with van der Waals surface area (Å²) in [5.41, 5.74) is 1.25. The number of rotatable bonds is 6. The molecule has 102 valence electrons. The molecule has 0 saturated carbocycles. The second-order valence-electron chi connectivity index (χ2n) is 4.36. The first-order chi connectivity index (χ1) is 9.06. The van der Waals surface area contributed by atoms with E-state index in [1.54, 1.807) is 18.2 Å². The fourth-order valence-electron chi connectivity index (χ4n) is 1.49. The van der Waals surface area contributed by atoms with Gasteiger partial charge in [-0.05, 0) is 31.5 Å². The summed E-state index contributed by atoms with van der Waals surface area (Å²) in [5.74, 6) is 0.0293. The lowest BCUT2D eigenvalue weighted by molar-refractivity contribution is -0.121. The number of hydrogen-bond donors (Lipinski definition) is 2. The van der Waals surface area contributed by atoms with Gasteiger partial charge in [0.15, 0.2) is 0 Å². The number of amides is 1. The van der Waals surface area contributed by atoms with E-state index in [9.17, 15) is 4.79 Å². The monoisotopic (exact) mass is 279 g/mol. The van der Waals surface area contributed by atoms with Crippen molar-refractivity contribution in [3.05, 3.63) is 28.8 Å². The highest BCUT2D eigenvalue weighted by molar-refractivity contribution is 6.32.